The van der Waals surface area contributed by atoms with Crippen molar-refractivity contribution in [2.75, 3.05) is 24.6 Å². The first kappa shape index (κ1) is 12.2. The van der Waals surface area contributed by atoms with Crippen LogP contribution in [0.4, 0.5) is 5.82 Å². The van der Waals surface area contributed by atoms with Crippen LogP contribution >= 0.6 is 0 Å². The lowest BCUT2D eigenvalue weighted by Gasteiger charge is -2.32. The molecule has 0 bridgehead atoms. The lowest BCUT2D eigenvalue weighted by molar-refractivity contribution is 0.0363. The Kier molecular flexibility index (Phi) is 2.78. The van der Waals surface area contributed by atoms with Crippen LogP contribution in [0.25, 0.3) is 5.65 Å². The van der Waals surface area contributed by atoms with Gasteiger partial charge >= 0.3 is 0 Å². The molecule has 0 radical (unpaired) electrons. The molecule has 1 aliphatic rings. The highest BCUT2D eigenvalue weighted by Crippen LogP contribution is 2.23. The Bertz CT molecular complexity index is 765. The first-order valence-electron chi connectivity index (χ1n) is 6.71. The van der Waals surface area contributed by atoms with Gasteiger partial charge in [0.05, 0.1) is 18.8 Å². The molecule has 0 saturated carbocycles. The van der Waals surface area contributed by atoms with Gasteiger partial charge in [-0.3, -0.25) is 4.68 Å². The van der Waals surface area contributed by atoms with Crippen molar-refractivity contribution < 1.29 is 4.74 Å². The van der Waals surface area contributed by atoms with Crippen molar-refractivity contribution in [3.05, 3.63) is 30.1 Å². The van der Waals surface area contributed by atoms with Gasteiger partial charge in [0.15, 0.2) is 11.5 Å². The highest BCUT2D eigenvalue weighted by atomic mass is 16.5. The van der Waals surface area contributed by atoms with Crippen LogP contribution in [0, 0.1) is 0 Å². The normalized spacial score (nSPS) is 19.3. The molecule has 9 nitrogen and oxygen atoms in total. The topological polar surface area (TPSA) is 86.3 Å². The van der Waals surface area contributed by atoms with Crippen molar-refractivity contribution in [3.8, 4) is 0 Å². The summed E-state index contributed by atoms with van der Waals surface area (Å²) in [6.07, 6.45) is 1.87. The molecular formula is C12H14N8O. The Hall–Kier alpha value is -2.55. The van der Waals surface area contributed by atoms with Gasteiger partial charge in [0.1, 0.15) is 6.10 Å². The summed E-state index contributed by atoms with van der Waals surface area (Å²) in [7, 11) is 1.90. The molecular weight excluding hydrogens is 272 g/mol. The molecule has 3 aromatic rings. The predicted octanol–water partition coefficient (Wildman–Crippen LogP) is -0.169. The number of morpholine rings is 1. The van der Waals surface area contributed by atoms with Gasteiger partial charge in [-0.1, -0.05) is 0 Å². The lowest BCUT2D eigenvalue weighted by Crippen LogP contribution is -2.39. The number of tetrazole rings is 1. The summed E-state index contributed by atoms with van der Waals surface area (Å²) in [6.45, 7) is 2.12. The SMILES string of the molecule is Cn1ccc(C2CN(c3ccc4nnnn4n3)CCO2)n1. The van der Waals surface area contributed by atoms with E-state index in [0.29, 0.717) is 18.8 Å². The van der Waals surface area contributed by atoms with Gasteiger partial charge in [0.2, 0.25) is 0 Å². The Morgan fingerprint density at radius 1 is 1.24 bits per heavy atom. The van der Waals surface area contributed by atoms with Crippen LogP contribution in [0.2, 0.25) is 0 Å². The highest BCUT2D eigenvalue weighted by Gasteiger charge is 2.25. The molecule has 1 fully saturated rings. The summed E-state index contributed by atoms with van der Waals surface area (Å²) in [4.78, 5) is 2.16. The van der Waals surface area contributed by atoms with E-state index in [-0.39, 0.29) is 6.10 Å². The summed E-state index contributed by atoms with van der Waals surface area (Å²) < 4.78 is 9.02. The predicted molar refractivity (Wildman–Crippen MR) is 72.7 cm³/mol. The molecule has 4 heterocycles. The Balaban J connectivity index is 1.59. The van der Waals surface area contributed by atoms with Crippen molar-refractivity contribution in [1.29, 1.82) is 0 Å². The fourth-order valence-electron chi connectivity index (χ4n) is 2.45. The van der Waals surface area contributed by atoms with Crippen LogP contribution in [0.1, 0.15) is 11.8 Å². The maximum atomic E-state index is 5.81. The second-order valence-electron chi connectivity index (χ2n) is 4.94. The molecule has 0 aromatic carbocycles. The van der Waals surface area contributed by atoms with E-state index in [1.54, 1.807) is 4.68 Å². The Morgan fingerprint density at radius 2 is 2.19 bits per heavy atom. The number of fused-ring (bicyclic) bond motifs is 1. The average molecular weight is 286 g/mol. The third kappa shape index (κ3) is 2.21. The standard InChI is InChI=1S/C12H14N8O/c1-18-5-4-9(14-18)10-8-19(6-7-21-10)12-3-2-11-13-16-17-20(11)15-12/h2-5,10H,6-8H2,1H3. The number of aryl methyl sites for hydroxylation is 1. The average Bonchev–Trinajstić information content (AvgIpc) is 3.15. The Labute approximate surface area is 120 Å². The maximum absolute atomic E-state index is 5.81. The molecule has 0 amide bonds. The van der Waals surface area contributed by atoms with Crippen molar-refractivity contribution in [1.82, 2.24) is 35.0 Å². The Morgan fingerprint density at radius 3 is 3.05 bits per heavy atom. The first-order valence-corrected chi connectivity index (χ1v) is 6.71. The van der Waals surface area contributed by atoms with Crippen molar-refractivity contribution in [2.24, 2.45) is 7.05 Å². The van der Waals surface area contributed by atoms with Gasteiger partial charge < -0.3 is 9.64 Å². The van der Waals surface area contributed by atoms with Gasteiger partial charge in [-0.05, 0) is 28.6 Å². The van der Waals surface area contributed by atoms with Gasteiger partial charge in [-0.25, -0.2) is 0 Å². The zero-order chi connectivity index (χ0) is 14.2. The number of anilines is 1. The molecule has 0 spiro atoms. The smallest absolute Gasteiger partial charge is 0.200 e. The molecule has 1 unspecified atom stereocenters. The van der Waals surface area contributed by atoms with Crippen LogP contribution in [0.5, 0.6) is 0 Å². The molecule has 3 aromatic heterocycles. The molecule has 4 rings (SSSR count). The fourth-order valence-corrected chi connectivity index (χ4v) is 2.45. The second kappa shape index (κ2) is 4.77. The van der Waals surface area contributed by atoms with Crippen LogP contribution in [-0.2, 0) is 11.8 Å². The number of hydrogen-bond acceptors (Lipinski definition) is 7. The molecule has 108 valence electrons. The van der Waals surface area contributed by atoms with Crippen molar-refractivity contribution >= 4 is 11.5 Å². The zero-order valence-electron chi connectivity index (χ0n) is 11.5. The molecule has 1 aliphatic heterocycles. The summed E-state index contributed by atoms with van der Waals surface area (Å²) in [5.74, 6) is 0.832. The first-order chi connectivity index (χ1) is 10.3. The van der Waals surface area contributed by atoms with Crippen LogP contribution in [-0.4, -0.2) is 54.7 Å². The van der Waals surface area contributed by atoms with E-state index in [1.165, 1.54) is 4.63 Å². The molecule has 9 heteroatoms. The van der Waals surface area contributed by atoms with E-state index in [0.717, 1.165) is 18.1 Å². The van der Waals surface area contributed by atoms with E-state index >= 15 is 0 Å². The summed E-state index contributed by atoms with van der Waals surface area (Å²) in [6, 6.07) is 5.76. The second-order valence-corrected chi connectivity index (χ2v) is 4.94. The van der Waals surface area contributed by atoms with Gasteiger partial charge in [0.25, 0.3) is 0 Å². The molecule has 1 saturated heterocycles. The third-order valence-corrected chi connectivity index (χ3v) is 3.51. The van der Waals surface area contributed by atoms with Gasteiger partial charge in [0, 0.05) is 19.8 Å². The quantitative estimate of drug-likeness (QED) is 0.646. The van der Waals surface area contributed by atoms with Gasteiger partial charge in [-0.2, -0.15) is 5.10 Å². The minimum atomic E-state index is -0.0497. The van der Waals surface area contributed by atoms with Crippen LogP contribution in [0.3, 0.4) is 0 Å². The minimum absolute atomic E-state index is 0.0497. The number of hydrogen-bond donors (Lipinski definition) is 0. The largest absolute Gasteiger partial charge is 0.368 e. The van der Waals surface area contributed by atoms with E-state index in [2.05, 4.69) is 30.6 Å². The van der Waals surface area contributed by atoms with E-state index in [4.69, 9.17) is 4.74 Å². The third-order valence-electron chi connectivity index (χ3n) is 3.51. The molecule has 1 atom stereocenters. The number of rotatable bonds is 2. The lowest BCUT2D eigenvalue weighted by atomic mass is 10.2. The zero-order valence-corrected chi connectivity index (χ0v) is 11.5. The fraction of sp³-hybridized carbons (Fsp3) is 0.417. The summed E-state index contributed by atoms with van der Waals surface area (Å²) in [5.41, 5.74) is 1.57. The summed E-state index contributed by atoms with van der Waals surface area (Å²) >= 11 is 0. The van der Waals surface area contributed by atoms with E-state index in [9.17, 15) is 0 Å². The molecule has 0 N–H and O–H groups in total. The van der Waals surface area contributed by atoms with Crippen molar-refractivity contribution in [3.63, 3.8) is 0 Å². The van der Waals surface area contributed by atoms with Crippen LogP contribution < -0.4 is 4.90 Å². The maximum Gasteiger partial charge on any atom is 0.200 e. The number of ether oxygens (including phenoxy) is 1. The van der Waals surface area contributed by atoms with Gasteiger partial charge in [-0.15, -0.1) is 14.8 Å². The van der Waals surface area contributed by atoms with Crippen molar-refractivity contribution in [2.45, 2.75) is 6.10 Å². The highest BCUT2D eigenvalue weighted by molar-refractivity contribution is 5.44. The molecule has 0 aliphatic carbocycles. The molecule has 21 heavy (non-hydrogen) atoms. The van der Waals surface area contributed by atoms with E-state index < -0.39 is 0 Å². The number of nitrogens with zero attached hydrogens (tertiary/aromatic N) is 8. The van der Waals surface area contributed by atoms with E-state index in [1.807, 2.05) is 31.4 Å². The van der Waals surface area contributed by atoms with Crippen LogP contribution in [0.15, 0.2) is 24.4 Å². The summed E-state index contributed by atoms with van der Waals surface area (Å²) in [5, 5.41) is 20.1. The number of aromatic nitrogens is 7. The minimum Gasteiger partial charge on any atom is -0.368 e. The monoisotopic (exact) mass is 286 g/mol.